The van der Waals surface area contributed by atoms with Crippen molar-refractivity contribution >= 4 is 18.0 Å². The van der Waals surface area contributed by atoms with Crippen LogP contribution in [-0.2, 0) is 32.3 Å². The Hall–Kier alpha value is -3.35. The highest BCUT2D eigenvalue weighted by atomic mass is 16.5. The van der Waals surface area contributed by atoms with E-state index >= 15 is 0 Å². The molecule has 1 saturated heterocycles. The molecule has 0 aliphatic carbocycles. The molecule has 2 amide bonds. The number of ether oxygens (including phenoxy) is 2. The quantitative estimate of drug-likeness (QED) is 0.728. The number of rotatable bonds is 7. The van der Waals surface area contributed by atoms with Crippen LogP contribution in [0.1, 0.15) is 24.0 Å². The van der Waals surface area contributed by atoms with Crippen molar-refractivity contribution in [2.45, 2.75) is 32.1 Å². The number of alkyl carbamates (subject to hydrolysis) is 1. The predicted octanol–water partition coefficient (Wildman–Crippen LogP) is 2.65. The Kier molecular flexibility index (Phi) is 7.22. The number of likely N-dealkylation sites (tertiary alicyclic amines) is 1. The Morgan fingerprint density at radius 1 is 0.897 bits per heavy atom. The van der Waals surface area contributed by atoms with Crippen molar-refractivity contribution in [2.24, 2.45) is 0 Å². The highest BCUT2D eigenvalue weighted by Gasteiger charge is 2.35. The molecule has 0 aromatic heterocycles. The van der Waals surface area contributed by atoms with Crippen molar-refractivity contribution in [1.82, 2.24) is 10.2 Å². The van der Waals surface area contributed by atoms with E-state index in [2.05, 4.69) is 5.32 Å². The first-order chi connectivity index (χ1) is 14.1. The van der Waals surface area contributed by atoms with Gasteiger partial charge in [-0.25, -0.2) is 9.59 Å². The SMILES string of the molecule is O=C(NCC(=O)N1CCC[C@H]1C(=O)OCc1ccccc1)OCc1ccccc1. The van der Waals surface area contributed by atoms with Crippen LogP contribution in [-0.4, -0.2) is 42.0 Å². The highest BCUT2D eigenvalue weighted by molar-refractivity contribution is 5.87. The topological polar surface area (TPSA) is 84.9 Å². The minimum absolute atomic E-state index is 0.124. The highest BCUT2D eigenvalue weighted by Crippen LogP contribution is 2.19. The van der Waals surface area contributed by atoms with Gasteiger partial charge in [-0.15, -0.1) is 0 Å². The lowest BCUT2D eigenvalue weighted by Crippen LogP contribution is -2.46. The lowest BCUT2D eigenvalue weighted by atomic mass is 10.2. The normalized spacial score (nSPS) is 15.6. The fraction of sp³-hybridized carbons (Fsp3) is 0.318. The number of esters is 1. The Balaban J connectivity index is 1.43. The largest absolute Gasteiger partial charge is 0.459 e. The molecule has 1 aliphatic heterocycles. The number of amides is 2. The van der Waals surface area contributed by atoms with Crippen LogP contribution in [0.4, 0.5) is 4.79 Å². The number of nitrogens with zero attached hydrogens (tertiary/aromatic N) is 1. The molecule has 0 unspecified atom stereocenters. The zero-order valence-electron chi connectivity index (χ0n) is 16.1. The standard InChI is InChI=1S/C22H24N2O5/c25-20(14-23-22(27)29-16-18-10-5-2-6-11-18)24-13-7-12-19(24)21(26)28-15-17-8-3-1-4-9-17/h1-6,8-11,19H,7,12-16H2,(H,23,27)/t19-/m0/s1. The van der Waals surface area contributed by atoms with Crippen molar-refractivity contribution < 1.29 is 23.9 Å². The maximum absolute atomic E-state index is 12.5. The molecule has 1 aliphatic rings. The molecular formula is C22H24N2O5. The van der Waals surface area contributed by atoms with Gasteiger partial charge in [0.05, 0.1) is 0 Å². The molecule has 0 saturated carbocycles. The van der Waals surface area contributed by atoms with Gasteiger partial charge in [-0.3, -0.25) is 4.79 Å². The zero-order valence-corrected chi connectivity index (χ0v) is 16.1. The minimum Gasteiger partial charge on any atom is -0.459 e. The summed E-state index contributed by atoms with van der Waals surface area (Å²) < 4.78 is 10.5. The molecule has 152 valence electrons. The second-order valence-electron chi connectivity index (χ2n) is 6.75. The molecule has 1 N–H and O–H groups in total. The first-order valence-electron chi connectivity index (χ1n) is 9.58. The molecule has 7 heteroatoms. The number of hydrogen-bond donors (Lipinski definition) is 1. The van der Waals surface area contributed by atoms with Gasteiger partial charge < -0.3 is 19.7 Å². The van der Waals surface area contributed by atoms with E-state index in [4.69, 9.17) is 9.47 Å². The Morgan fingerprint density at radius 2 is 1.48 bits per heavy atom. The third kappa shape index (κ3) is 6.07. The number of hydrogen-bond acceptors (Lipinski definition) is 5. The molecule has 2 aromatic rings. The van der Waals surface area contributed by atoms with Crippen LogP contribution >= 0.6 is 0 Å². The molecule has 0 radical (unpaired) electrons. The molecule has 7 nitrogen and oxygen atoms in total. The average molecular weight is 396 g/mol. The summed E-state index contributed by atoms with van der Waals surface area (Å²) in [5.41, 5.74) is 1.74. The van der Waals surface area contributed by atoms with Crippen molar-refractivity contribution in [3.05, 3.63) is 71.8 Å². The lowest BCUT2D eigenvalue weighted by molar-refractivity contribution is -0.154. The first kappa shape index (κ1) is 20.4. The molecule has 3 rings (SSSR count). The molecule has 2 aromatic carbocycles. The zero-order chi connectivity index (χ0) is 20.5. The third-order valence-corrected chi connectivity index (χ3v) is 4.67. The minimum atomic E-state index is -0.676. The van der Waals surface area contributed by atoms with Gasteiger partial charge in [0.15, 0.2) is 0 Å². The van der Waals surface area contributed by atoms with Crippen molar-refractivity contribution in [3.8, 4) is 0 Å². The van der Waals surface area contributed by atoms with Crippen LogP contribution in [0.25, 0.3) is 0 Å². The molecule has 1 fully saturated rings. The monoisotopic (exact) mass is 396 g/mol. The average Bonchev–Trinajstić information content (AvgIpc) is 3.26. The molecule has 1 atom stereocenters. The number of carbonyl (C=O) groups is 3. The number of benzene rings is 2. The van der Waals surface area contributed by atoms with E-state index in [0.29, 0.717) is 13.0 Å². The van der Waals surface area contributed by atoms with Gasteiger partial charge in [0.1, 0.15) is 25.8 Å². The number of carbonyl (C=O) groups excluding carboxylic acids is 3. The molecule has 0 bridgehead atoms. The van der Waals surface area contributed by atoms with Gasteiger partial charge in [0.2, 0.25) is 5.91 Å². The summed E-state index contributed by atoms with van der Waals surface area (Å²) in [6, 6.07) is 18.0. The van der Waals surface area contributed by atoms with Crippen LogP contribution in [0.5, 0.6) is 0 Å². The van der Waals surface area contributed by atoms with Crippen molar-refractivity contribution in [1.29, 1.82) is 0 Å². The Labute approximate surface area is 169 Å². The summed E-state index contributed by atoms with van der Waals surface area (Å²) in [5, 5.41) is 2.44. The van der Waals surface area contributed by atoms with Crippen molar-refractivity contribution in [2.75, 3.05) is 13.1 Å². The van der Waals surface area contributed by atoms with Crippen LogP contribution in [0.15, 0.2) is 60.7 Å². The van der Waals surface area contributed by atoms with E-state index < -0.39 is 18.1 Å². The Morgan fingerprint density at radius 3 is 2.10 bits per heavy atom. The van der Waals surface area contributed by atoms with E-state index in [1.54, 1.807) is 0 Å². The maximum atomic E-state index is 12.5. The van der Waals surface area contributed by atoms with Gasteiger partial charge in [0, 0.05) is 6.54 Å². The first-order valence-corrected chi connectivity index (χ1v) is 9.58. The summed E-state index contributed by atoms with van der Waals surface area (Å²) in [4.78, 5) is 38.1. The van der Waals surface area contributed by atoms with Gasteiger partial charge >= 0.3 is 12.1 Å². The summed E-state index contributed by atoms with van der Waals surface area (Å²) in [6.45, 7) is 0.530. The van der Waals surface area contributed by atoms with Crippen LogP contribution in [0.2, 0.25) is 0 Å². The number of nitrogens with one attached hydrogen (secondary N) is 1. The van der Waals surface area contributed by atoms with E-state index in [-0.39, 0.29) is 25.7 Å². The molecule has 29 heavy (non-hydrogen) atoms. The summed E-state index contributed by atoms with van der Waals surface area (Å²) in [5.74, 6) is -0.757. The van der Waals surface area contributed by atoms with Gasteiger partial charge in [-0.2, -0.15) is 0 Å². The fourth-order valence-electron chi connectivity index (χ4n) is 3.16. The van der Waals surface area contributed by atoms with Crippen LogP contribution in [0.3, 0.4) is 0 Å². The lowest BCUT2D eigenvalue weighted by Gasteiger charge is -2.23. The van der Waals surface area contributed by atoms with E-state index in [9.17, 15) is 14.4 Å². The van der Waals surface area contributed by atoms with Crippen LogP contribution < -0.4 is 5.32 Å². The smallest absolute Gasteiger partial charge is 0.407 e. The maximum Gasteiger partial charge on any atom is 0.407 e. The second kappa shape index (κ2) is 10.3. The summed E-state index contributed by atoms with van der Waals surface area (Å²) in [7, 11) is 0. The van der Waals surface area contributed by atoms with E-state index in [1.165, 1.54) is 4.90 Å². The Bertz CT molecular complexity index is 826. The third-order valence-electron chi connectivity index (χ3n) is 4.67. The fourth-order valence-corrected chi connectivity index (χ4v) is 3.16. The van der Waals surface area contributed by atoms with Crippen LogP contribution in [0, 0.1) is 0 Å². The molecule has 0 spiro atoms. The van der Waals surface area contributed by atoms with Gasteiger partial charge in [-0.05, 0) is 24.0 Å². The summed E-state index contributed by atoms with van der Waals surface area (Å²) >= 11 is 0. The molecular weight excluding hydrogens is 372 g/mol. The van der Waals surface area contributed by atoms with E-state index in [1.807, 2.05) is 60.7 Å². The predicted molar refractivity (Wildman–Crippen MR) is 106 cm³/mol. The van der Waals surface area contributed by atoms with Crippen molar-refractivity contribution in [3.63, 3.8) is 0 Å². The summed E-state index contributed by atoms with van der Waals surface area (Å²) in [6.07, 6.45) is 0.595. The van der Waals surface area contributed by atoms with Gasteiger partial charge in [0.25, 0.3) is 0 Å². The molecule has 1 heterocycles. The van der Waals surface area contributed by atoms with E-state index in [0.717, 1.165) is 17.5 Å². The van der Waals surface area contributed by atoms with Gasteiger partial charge in [-0.1, -0.05) is 60.7 Å². The second-order valence-corrected chi connectivity index (χ2v) is 6.75.